The number of aliphatic hydroxyl groups is 1. The van der Waals surface area contributed by atoms with Crippen LogP contribution in [-0.4, -0.2) is 17.7 Å². The second-order valence-corrected chi connectivity index (χ2v) is 4.21. The van der Waals surface area contributed by atoms with Crippen LogP contribution in [0.25, 0.3) is 0 Å². The smallest absolute Gasteiger partial charge is 0.0943 e. The lowest BCUT2D eigenvalue weighted by Gasteiger charge is -2.18. The highest BCUT2D eigenvalue weighted by Crippen LogP contribution is 2.25. The summed E-state index contributed by atoms with van der Waals surface area (Å²) in [5, 5.41) is 13.4. The summed E-state index contributed by atoms with van der Waals surface area (Å²) < 4.78 is 0. The molecule has 1 aliphatic heterocycles. The van der Waals surface area contributed by atoms with E-state index < -0.39 is 0 Å². The van der Waals surface area contributed by atoms with Crippen LogP contribution in [0.15, 0.2) is 30.3 Å². The van der Waals surface area contributed by atoms with Crippen LogP contribution < -0.4 is 5.32 Å². The Morgan fingerprint density at radius 1 is 1.36 bits per heavy atom. The second kappa shape index (κ2) is 4.11. The maximum absolute atomic E-state index is 10.1. The first-order valence-electron chi connectivity index (χ1n) is 5.24. The van der Waals surface area contributed by atoms with Gasteiger partial charge in [-0.2, -0.15) is 0 Å². The Morgan fingerprint density at radius 3 is 2.64 bits per heavy atom. The highest BCUT2D eigenvalue weighted by molar-refractivity contribution is 5.19. The van der Waals surface area contributed by atoms with Gasteiger partial charge in [0.15, 0.2) is 0 Å². The first kappa shape index (κ1) is 9.69. The van der Waals surface area contributed by atoms with E-state index in [1.54, 1.807) is 0 Å². The monoisotopic (exact) mass is 191 g/mol. The summed E-state index contributed by atoms with van der Waals surface area (Å²) in [4.78, 5) is 0. The predicted octanol–water partition coefficient (Wildman–Crippen LogP) is 1.72. The number of rotatable bonds is 2. The molecule has 2 nitrogen and oxygen atoms in total. The molecule has 0 saturated carbocycles. The molecule has 1 fully saturated rings. The van der Waals surface area contributed by atoms with Gasteiger partial charge in [-0.05, 0) is 24.4 Å². The van der Waals surface area contributed by atoms with Gasteiger partial charge in [-0.25, -0.2) is 0 Å². The molecule has 1 aliphatic rings. The number of hydrogen-bond donors (Lipinski definition) is 2. The zero-order chi connectivity index (χ0) is 9.97. The van der Waals surface area contributed by atoms with E-state index in [1.807, 2.05) is 30.3 Å². The van der Waals surface area contributed by atoms with Crippen LogP contribution in [0.1, 0.15) is 25.0 Å². The first-order chi connectivity index (χ1) is 6.77. The Balaban J connectivity index is 2.05. The highest BCUT2D eigenvalue weighted by Gasteiger charge is 2.27. The van der Waals surface area contributed by atoms with Crippen LogP contribution in [0.4, 0.5) is 0 Å². The molecule has 2 N–H and O–H groups in total. The van der Waals surface area contributed by atoms with Crippen LogP contribution in [-0.2, 0) is 0 Å². The lowest BCUT2D eigenvalue weighted by Crippen LogP contribution is -2.28. The van der Waals surface area contributed by atoms with E-state index in [2.05, 4.69) is 12.2 Å². The molecule has 1 unspecified atom stereocenters. The molecule has 1 aromatic carbocycles. The van der Waals surface area contributed by atoms with Crippen molar-refractivity contribution < 1.29 is 5.11 Å². The molecule has 2 heteroatoms. The first-order valence-corrected chi connectivity index (χ1v) is 5.24. The number of nitrogens with one attached hydrogen (secondary N) is 1. The van der Waals surface area contributed by atoms with E-state index >= 15 is 0 Å². The van der Waals surface area contributed by atoms with Crippen molar-refractivity contribution in [3.63, 3.8) is 0 Å². The van der Waals surface area contributed by atoms with Crippen molar-refractivity contribution in [2.45, 2.75) is 25.5 Å². The third-order valence-electron chi connectivity index (χ3n) is 2.91. The molecule has 0 aliphatic carbocycles. The Morgan fingerprint density at radius 2 is 2.07 bits per heavy atom. The molecular formula is C12H17NO. The summed E-state index contributed by atoms with van der Waals surface area (Å²) in [6, 6.07) is 10.1. The van der Waals surface area contributed by atoms with Gasteiger partial charge in [-0.15, -0.1) is 0 Å². The van der Waals surface area contributed by atoms with Crippen molar-refractivity contribution in [1.82, 2.24) is 5.32 Å². The Hall–Kier alpha value is -0.860. The van der Waals surface area contributed by atoms with Crippen molar-refractivity contribution in [3.05, 3.63) is 35.9 Å². The summed E-state index contributed by atoms with van der Waals surface area (Å²) in [5.74, 6) is 0.679. The van der Waals surface area contributed by atoms with Crippen LogP contribution in [0.5, 0.6) is 0 Å². The van der Waals surface area contributed by atoms with Gasteiger partial charge in [-0.1, -0.05) is 37.3 Å². The Kier molecular flexibility index (Phi) is 2.85. The molecule has 1 aromatic rings. The summed E-state index contributed by atoms with van der Waals surface area (Å²) in [6.07, 6.45) is 0.705. The molecular weight excluding hydrogens is 174 g/mol. The van der Waals surface area contributed by atoms with Crippen molar-refractivity contribution in [3.8, 4) is 0 Å². The molecule has 0 bridgehead atoms. The fraction of sp³-hybridized carbons (Fsp3) is 0.500. The van der Waals surface area contributed by atoms with Crippen LogP contribution >= 0.6 is 0 Å². The summed E-state index contributed by atoms with van der Waals surface area (Å²) in [7, 11) is 0. The summed E-state index contributed by atoms with van der Waals surface area (Å²) in [6.45, 7) is 3.24. The highest BCUT2D eigenvalue weighted by atomic mass is 16.3. The van der Waals surface area contributed by atoms with Gasteiger partial charge >= 0.3 is 0 Å². The van der Waals surface area contributed by atoms with Crippen molar-refractivity contribution in [2.24, 2.45) is 5.92 Å². The standard InChI is InChI=1S/C12H17NO/c1-9-7-11(13-8-9)12(14)10-5-3-2-4-6-10/h2-6,9,11-14H,7-8H2,1H3/t9-,11+,12?/m0/s1. The molecule has 1 heterocycles. The van der Waals surface area contributed by atoms with Gasteiger partial charge < -0.3 is 10.4 Å². The van der Waals surface area contributed by atoms with Gasteiger partial charge in [0, 0.05) is 6.04 Å². The maximum Gasteiger partial charge on any atom is 0.0943 e. The normalized spacial score (nSPS) is 29.0. The third-order valence-corrected chi connectivity index (χ3v) is 2.91. The van der Waals surface area contributed by atoms with Crippen LogP contribution in [0, 0.1) is 5.92 Å². The second-order valence-electron chi connectivity index (χ2n) is 4.21. The van der Waals surface area contributed by atoms with E-state index in [9.17, 15) is 5.11 Å². The Bertz CT molecular complexity index is 286. The van der Waals surface area contributed by atoms with Gasteiger partial charge in [0.05, 0.1) is 6.10 Å². The average Bonchev–Trinajstić information content (AvgIpc) is 2.65. The predicted molar refractivity (Wildman–Crippen MR) is 57.0 cm³/mol. The average molecular weight is 191 g/mol. The van der Waals surface area contributed by atoms with Gasteiger partial charge in [0.25, 0.3) is 0 Å². The molecule has 0 aromatic heterocycles. The van der Waals surface area contributed by atoms with E-state index in [1.165, 1.54) is 0 Å². The lowest BCUT2D eigenvalue weighted by molar-refractivity contribution is 0.136. The van der Waals surface area contributed by atoms with Gasteiger partial charge in [0.1, 0.15) is 0 Å². The quantitative estimate of drug-likeness (QED) is 0.746. The van der Waals surface area contributed by atoms with E-state index in [-0.39, 0.29) is 12.1 Å². The summed E-state index contributed by atoms with van der Waals surface area (Å²) in [5.41, 5.74) is 1.01. The van der Waals surface area contributed by atoms with Gasteiger partial charge in [-0.3, -0.25) is 0 Å². The van der Waals surface area contributed by atoms with E-state index in [0.29, 0.717) is 5.92 Å². The van der Waals surface area contributed by atoms with E-state index in [4.69, 9.17) is 0 Å². The van der Waals surface area contributed by atoms with Crippen LogP contribution in [0.3, 0.4) is 0 Å². The van der Waals surface area contributed by atoms with Crippen molar-refractivity contribution in [2.75, 3.05) is 6.54 Å². The minimum Gasteiger partial charge on any atom is -0.387 e. The number of benzene rings is 1. The molecule has 76 valence electrons. The topological polar surface area (TPSA) is 32.3 Å². The minimum absolute atomic E-state index is 0.229. The van der Waals surface area contributed by atoms with Gasteiger partial charge in [0.2, 0.25) is 0 Å². The molecule has 0 amide bonds. The largest absolute Gasteiger partial charge is 0.387 e. The fourth-order valence-electron chi connectivity index (χ4n) is 2.08. The number of hydrogen-bond acceptors (Lipinski definition) is 2. The van der Waals surface area contributed by atoms with E-state index in [0.717, 1.165) is 18.5 Å². The lowest BCUT2D eigenvalue weighted by atomic mass is 9.98. The zero-order valence-electron chi connectivity index (χ0n) is 8.48. The SMILES string of the molecule is C[C@@H]1CN[C@@H](C(O)c2ccccc2)C1. The molecule has 2 rings (SSSR count). The molecule has 1 saturated heterocycles. The van der Waals surface area contributed by atoms with Crippen molar-refractivity contribution >= 4 is 0 Å². The molecule has 14 heavy (non-hydrogen) atoms. The Labute approximate surface area is 85.0 Å². The molecule has 0 radical (unpaired) electrons. The van der Waals surface area contributed by atoms with Crippen molar-refractivity contribution in [1.29, 1.82) is 0 Å². The summed E-state index contributed by atoms with van der Waals surface area (Å²) >= 11 is 0. The minimum atomic E-state index is -0.360. The molecule has 0 spiro atoms. The van der Waals surface area contributed by atoms with Crippen LogP contribution in [0.2, 0.25) is 0 Å². The fourth-order valence-corrected chi connectivity index (χ4v) is 2.08. The maximum atomic E-state index is 10.1. The third kappa shape index (κ3) is 1.97. The number of aliphatic hydroxyl groups excluding tert-OH is 1. The zero-order valence-corrected chi connectivity index (χ0v) is 8.48. The molecule has 3 atom stereocenters.